The minimum absolute atomic E-state index is 0.613. The SMILES string of the molecule is COCC1CCN(c2ncc(Br)cn2)C1. The minimum Gasteiger partial charge on any atom is -0.384 e. The quantitative estimate of drug-likeness (QED) is 0.839. The Labute approximate surface area is 97.8 Å². The predicted octanol–water partition coefficient (Wildman–Crippen LogP) is 1.71. The lowest BCUT2D eigenvalue weighted by molar-refractivity contribution is 0.161. The number of hydrogen-bond donors (Lipinski definition) is 0. The Bertz CT molecular complexity index is 317. The summed E-state index contributed by atoms with van der Waals surface area (Å²) in [5, 5.41) is 0. The highest BCUT2D eigenvalue weighted by Crippen LogP contribution is 2.21. The van der Waals surface area contributed by atoms with Crippen molar-refractivity contribution in [3.8, 4) is 0 Å². The van der Waals surface area contributed by atoms with Gasteiger partial charge >= 0.3 is 0 Å². The van der Waals surface area contributed by atoms with E-state index < -0.39 is 0 Å². The monoisotopic (exact) mass is 271 g/mol. The van der Waals surface area contributed by atoms with Gasteiger partial charge in [-0.2, -0.15) is 0 Å². The minimum atomic E-state index is 0.613. The van der Waals surface area contributed by atoms with E-state index in [1.807, 2.05) is 0 Å². The van der Waals surface area contributed by atoms with Crippen molar-refractivity contribution in [2.45, 2.75) is 6.42 Å². The van der Waals surface area contributed by atoms with E-state index in [-0.39, 0.29) is 0 Å². The van der Waals surface area contributed by atoms with Gasteiger partial charge in [-0.05, 0) is 22.4 Å². The van der Waals surface area contributed by atoms with Crippen LogP contribution in [0.3, 0.4) is 0 Å². The first-order valence-electron chi connectivity index (χ1n) is 5.01. The van der Waals surface area contributed by atoms with Gasteiger partial charge in [0.2, 0.25) is 5.95 Å². The van der Waals surface area contributed by atoms with E-state index in [1.165, 1.54) is 0 Å². The molecule has 0 aliphatic carbocycles. The molecule has 0 spiro atoms. The average Bonchev–Trinajstić information content (AvgIpc) is 2.68. The van der Waals surface area contributed by atoms with Crippen molar-refractivity contribution in [2.75, 3.05) is 31.7 Å². The van der Waals surface area contributed by atoms with Crippen LogP contribution in [-0.2, 0) is 4.74 Å². The standard InChI is InChI=1S/C10H14BrN3O/c1-15-7-8-2-3-14(6-8)10-12-4-9(11)5-13-10/h4-5,8H,2-3,6-7H2,1H3. The molecule has 5 heteroatoms. The first-order valence-corrected chi connectivity index (χ1v) is 5.80. The lowest BCUT2D eigenvalue weighted by Gasteiger charge is -2.15. The van der Waals surface area contributed by atoms with Gasteiger partial charge in [0.15, 0.2) is 0 Å². The van der Waals surface area contributed by atoms with Crippen molar-refractivity contribution in [3.05, 3.63) is 16.9 Å². The third-order valence-electron chi connectivity index (χ3n) is 2.58. The van der Waals surface area contributed by atoms with Crippen molar-refractivity contribution in [3.63, 3.8) is 0 Å². The summed E-state index contributed by atoms with van der Waals surface area (Å²) in [4.78, 5) is 10.8. The lowest BCUT2D eigenvalue weighted by Crippen LogP contribution is -2.22. The molecule has 0 saturated carbocycles. The summed E-state index contributed by atoms with van der Waals surface area (Å²) in [6.07, 6.45) is 4.73. The molecule has 2 heterocycles. The number of ether oxygens (including phenoxy) is 1. The molecule has 0 bridgehead atoms. The van der Waals surface area contributed by atoms with E-state index >= 15 is 0 Å². The van der Waals surface area contributed by atoms with E-state index in [1.54, 1.807) is 19.5 Å². The fourth-order valence-electron chi connectivity index (χ4n) is 1.85. The van der Waals surface area contributed by atoms with Gasteiger partial charge in [-0.3, -0.25) is 0 Å². The average molecular weight is 272 g/mol. The largest absolute Gasteiger partial charge is 0.384 e. The number of halogens is 1. The Balaban J connectivity index is 1.98. The van der Waals surface area contributed by atoms with Crippen molar-refractivity contribution < 1.29 is 4.74 Å². The molecule has 1 aliphatic heterocycles. The summed E-state index contributed by atoms with van der Waals surface area (Å²) < 4.78 is 6.07. The molecule has 1 saturated heterocycles. The van der Waals surface area contributed by atoms with Gasteiger partial charge in [-0.25, -0.2) is 9.97 Å². The van der Waals surface area contributed by atoms with Crippen molar-refractivity contribution in [1.29, 1.82) is 0 Å². The molecule has 0 amide bonds. The molecule has 0 radical (unpaired) electrons. The molecule has 82 valence electrons. The second-order valence-corrected chi connectivity index (χ2v) is 4.67. The summed E-state index contributed by atoms with van der Waals surface area (Å²) in [5.41, 5.74) is 0. The van der Waals surface area contributed by atoms with Gasteiger partial charge in [-0.1, -0.05) is 0 Å². The van der Waals surface area contributed by atoms with Crippen LogP contribution in [0.15, 0.2) is 16.9 Å². The highest BCUT2D eigenvalue weighted by molar-refractivity contribution is 9.10. The Morgan fingerprint density at radius 3 is 2.93 bits per heavy atom. The van der Waals surface area contributed by atoms with Crippen LogP contribution in [0.5, 0.6) is 0 Å². The maximum absolute atomic E-state index is 5.15. The van der Waals surface area contributed by atoms with Crippen molar-refractivity contribution >= 4 is 21.9 Å². The summed E-state index contributed by atoms with van der Waals surface area (Å²) in [6.45, 7) is 2.85. The number of nitrogens with zero attached hydrogens (tertiary/aromatic N) is 3. The fraction of sp³-hybridized carbons (Fsp3) is 0.600. The first kappa shape index (κ1) is 10.8. The summed E-state index contributed by atoms with van der Waals surface area (Å²) in [5.74, 6) is 1.43. The van der Waals surface area contributed by atoms with Crippen molar-refractivity contribution in [1.82, 2.24) is 9.97 Å². The van der Waals surface area contributed by atoms with Crippen LogP contribution in [0.1, 0.15) is 6.42 Å². The van der Waals surface area contributed by atoms with E-state index in [4.69, 9.17) is 4.74 Å². The van der Waals surface area contributed by atoms with Crippen molar-refractivity contribution in [2.24, 2.45) is 5.92 Å². The summed E-state index contributed by atoms with van der Waals surface area (Å²) in [6, 6.07) is 0. The number of hydrogen-bond acceptors (Lipinski definition) is 4. The highest BCUT2D eigenvalue weighted by atomic mass is 79.9. The Kier molecular flexibility index (Phi) is 3.53. The number of methoxy groups -OCH3 is 1. The first-order chi connectivity index (χ1) is 7.29. The zero-order chi connectivity index (χ0) is 10.7. The van der Waals surface area contributed by atoms with Crippen LogP contribution in [0.2, 0.25) is 0 Å². The molecular weight excluding hydrogens is 258 g/mol. The number of rotatable bonds is 3. The molecule has 1 aliphatic rings. The molecule has 2 rings (SSSR count). The van der Waals surface area contributed by atoms with Crippen LogP contribution in [0.25, 0.3) is 0 Å². The van der Waals surface area contributed by atoms with Gasteiger partial charge in [0.1, 0.15) is 0 Å². The van der Waals surface area contributed by atoms with Gasteiger partial charge in [0.05, 0.1) is 11.1 Å². The highest BCUT2D eigenvalue weighted by Gasteiger charge is 2.23. The topological polar surface area (TPSA) is 38.2 Å². The maximum atomic E-state index is 5.15. The van der Waals surface area contributed by atoms with Gasteiger partial charge in [-0.15, -0.1) is 0 Å². The van der Waals surface area contributed by atoms with Crippen LogP contribution in [0.4, 0.5) is 5.95 Å². The van der Waals surface area contributed by atoms with Crippen LogP contribution >= 0.6 is 15.9 Å². The summed E-state index contributed by atoms with van der Waals surface area (Å²) in [7, 11) is 1.75. The van der Waals surface area contributed by atoms with E-state index in [0.717, 1.165) is 36.5 Å². The molecule has 1 aromatic rings. The number of anilines is 1. The van der Waals surface area contributed by atoms with Gasteiger partial charge in [0.25, 0.3) is 0 Å². The van der Waals surface area contributed by atoms with E-state index in [2.05, 4.69) is 30.8 Å². The second kappa shape index (κ2) is 4.90. The third kappa shape index (κ3) is 2.66. The van der Waals surface area contributed by atoms with Crippen LogP contribution in [0, 0.1) is 5.92 Å². The lowest BCUT2D eigenvalue weighted by atomic mass is 10.1. The molecule has 4 nitrogen and oxygen atoms in total. The third-order valence-corrected chi connectivity index (χ3v) is 2.99. The summed E-state index contributed by atoms with van der Waals surface area (Å²) >= 11 is 3.33. The number of aromatic nitrogens is 2. The maximum Gasteiger partial charge on any atom is 0.225 e. The molecule has 1 atom stereocenters. The molecule has 1 unspecified atom stereocenters. The molecule has 1 fully saturated rings. The zero-order valence-electron chi connectivity index (χ0n) is 8.69. The molecule has 15 heavy (non-hydrogen) atoms. The predicted molar refractivity (Wildman–Crippen MR) is 61.9 cm³/mol. The molecule has 0 aromatic carbocycles. The fourth-order valence-corrected chi connectivity index (χ4v) is 2.06. The second-order valence-electron chi connectivity index (χ2n) is 3.76. The smallest absolute Gasteiger partial charge is 0.225 e. The van der Waals surface area contributed by atoms with Crippen LogP contribution in [-0.4, -0.2) is 36.8 Å². The van der Waals surface area contributed by atoms with Gasteiger partial charge < -0.3 is 9.64 Å². The molecule has 0 N–H and O–H groups in total. The van der Waals surface area contributed by atoms with Gasteiger partial charge in [0, 0.05) is 38.5 Å². The Hall–Kier alpha value is -0.680. The molecular formula is C10H14BrN3O. The zero-order valence-corrected chi connectivity index (χ0v) is 10.3. The normalized spacial score (nSPS) is 20.9. The van der Waals surface area contributed by atoms with E-state index in [9.17, 15) is 0 Å². The van der Waals surface area contributed by atoms with E-state index in [0.29, 0.717) is 5.92 Å². The Morgan fingerprint density at radius 2 is 2.27 bits per heavy atom. The Morgan fingerprint density at radius 1 is 1.53 bits per heavy atom. The molecule has 1 aromatic heterocycles. The van der Waals surface area contributed by atoms with Crippen LogP contribution < -0.4 is 4.90 Å².